The summed E-state index contributed by atoms with van der Waals surface area (Å²) in [7, 11) is 0. The van der Waals surface area contributed by atoms with Gasteiger partial charge in [0.05, 0.1) is 22.5 Å². The molecule has 0 atom stereocenters. The Morgan fingerprint density at radius 1 is 1.24 bits per heavy atom. The average Bonchev–Trinajstić information content (AvgIpc) is 2.46. The highest BCUT2D eigenvalue weighted by atomic mass is 16.6. The van der Waals surface area contributed by atoms with Gasteiger partial charge in [-0.05, 0) is 12.1 Å². The van der Waals surface area contributed by atoms with Crippen LogP contribution in [0.15, 0.2) is 42.1 Å². The summed E-state index contributed by atoms with van der Waals surface area (Å²) in [6.45, 7) is 0.0600. The number of amides is 1. The number of carbonyl (C=O) groups is 1. The molecule has 0 spiro atoms. The molecule has 1 aliphatic rings. The second-order valence-corrected chi connectivity index (χ2v) is 4.21. The van der Waals surface area contributed by atoms with Crippen LogP contribution in [0.4, 0.5) is 17.1 Å². The molecule has 1 aromatic rings. The van der Waals surface area contributed by atoms with Crippen LogP contribution in [0.25, 0.3) is 0 Å². The third kappa shape index (κ3) is 2.86. The van der Waals surface area contributed by atoms with Crippen molar-refractivity contribution in [1.82, 2.24) is 0 Å². The van der Waals surface area contributed by atoms with Crippen LogP contribution in [0, 0.1) is 20.2 Å². The van der Waals surface area contributed by atoms with Gasteiger partial charge in [0.2, 0.25) is 5.91 Å². The highest BCUT2D eigenvalue weighted by Gasteiger charge is 2.24. The number of hydrogen-bond acceptors (Lipinski definition) is 6. The van der Waals surface area contributed by atoms with Gasteiger partial charge < -0.3 is 10.6 Å². The molecule has 0 unspecified atom stereocenters. The number of non-ortho nitro benzene ring substituents is 1. The largest absolute Gasteiger partial charge is 0.366 e. The quantitative estimate of drug-likeness (QED) is 0.655. The highest BCUT2D eigenvalue weighted by molar-refractivity contribution is 5.94. The molecule has 0 radical (unpaired) electrons. The van der Waals surface area contributed by atoms with Crippen molar-refractivity contribution < 1.29 is 14.6 Å². The Labute approximate surface area is 118 Å². The first kappa shape index (κ1) is 14.2. The smallest absolute Gasteiger partial charge is 0.299 e. The molecule has 0 bridgehead atoms. The van der Waals surface area contributed by atoms with Crippen molar-refractivity contribution in [1.29, 1.82) is 0 Å². The molecular formula is C12H10N4O5. The predicted molar refractivity (Wildman–Crippen MR) is 73.5 cm³/mol. The topological polar surface area (TPSA) is 133 Å². The molecule has 2 rings (SSSR count). The number of benzene rings is 1. The molecular weight excluding hydrogens is 280 g/mol. The van der Waals surface area contributed by atoms with E-state index in [9.17, 15) is 25.0 Å². The number of carbonyl (C=O) groups excluding carboxylic acids is 1. The van der Waals surface area contributed by atoms with Gasteiger partial charge in [-0.1, -0.05) is 6.08 Å². The van der Waals surface area contributed by atoms with Gasteiger partial charge in [0, 0.05) is 17.8 Å². The molecule has 2 N–H and O–H groups in total. The Balaban J connectivity index is 2.43. The van der Waals surface area contributed by atoms with Gasteiger partial charge in [0.25, 0.3) is 11.4 Å². The molecule has 108 valence electrons. The van der Waals surface area contributed by atoms with Gasteiger partial charge in [-0.25, -0.2) is 0 Å². The minimum absolute atomic E-state index is 0.0600. The Morgan fingerprint density at radius 2 is 1.95 bits per heavy atom. The second kappa shape index (κ2) is 5.41. The van der Waals surface area contributed by atoms with Crippen LogP contribution in [0.1, 0.15) is 0 Å². The van der Waals surface area contributed by atoms with Crippen molar-refractivity contribution in [3.8, 4) is 0 Å². The van der Waals surface area contributed by atoms with Gasteiger partial charge in [0.15, 0.2) is 0 Å². The monoisotopic (exact) mass is 290 g/mol. The van der Waals surface area contributed by atoms with E-state index in [-0.39, 0.29) is 23.5 Å². The molecule has 0 fully saturated rings. The maximum atomic E-state index is 11.2. The number of primary amides is 1. The molecule has 0 aliphatic carbocycles. The van der Waals surface area contributed by atoms with E-state index in [0.29, 0.717) is 0 Å². The summed E-state index contributed by atoms with van der Waals surface area (Å²) in [5.74, 6) is -0.631. The minimum atomic E-state index is -0.711. The summed E-state index contributed by atoms with van der Waals surface area (Å²) in [6.07, 6.45) is 4.56. The molecule has 1 heterocycles. The van der Waals surface area contributed by atoms with Gasteiger partial charge in [-0.3, -0.25) is 25.0 Å². The van der Waals surface area contributed by atoms with E-state index >= 15 is 0 Å². The number of nitro benzene ring substituents is 2. The molecule has 21 heavy (non-hydrogen) atoms. The Morgan fingerprint density at radius 3 is 2.52 bits per heavy atom. The van der Waals surface area contributed by atoms with E-state index in [0.717, 1.165) is 6.07 Å². The molecule has 9 heteroatoms. The van der Waals surface area contributed by atoms with Crippen LogP contribution in [-0.2, 0) is 4.79 Å². The fraction of sp³-hybridized carbons (Fsp3) is 0.0833. The summed E-state index contributed by atoms with van der Waals surface area (Å²) in [5.41, 5.74) is 4.81. The summed E-state index contributed by atoms with van der Waals surface area (Å²) >= 11 is 0. The van der Waals surface area contributed by atoms with Crippen LogP contribution in [0.2, 0.25) is 0 Å². The molecule has 0 saturated heterocycles. The Bertz CT molecular complexity index is 695. The molecule has 0 aromatic heterocycles. The third-order valence-corrected chi connectivity index (χ3v) is 2.90. The number of rotatable bonds is 4. The molecule has 0 saturated carbocycles. The lowest BCUT2D eigenvalue weighted by molar-refractivity contribution is -0.393. The molecule has 1 aromatic carbocycles. The van der Waals surface area contributed by atoms with E-state index in [1.54, 1.807) is 0 Å². The Kier molecular flexibility index (Phi) is 3.65. The number of nitrogens with two attached hydrogens (primary N) is 1. The van der Waals surface area contributed by atoms with Gasteiger partial charge in [0.1, 0.15) is 5.69 Å². The summed E-state index contributed by atoms with van der Waals surface area (Å²) in [4.78, 5) is 32.9. The first-order valence-corrected chi connectivity index (χ1v) is 5.77. The zero-order valence-electron chi connectivity index (χ0n) is 10.6. The number of anilines is 1. The third-order valence-electron chi connectivity index (χ3n) is 2.90. The molecule has 1 aliphatic heterocycles. The van der Waals surface area contributed by atoms with Crippen LogP contribution in [0.3, 0.4) is 0 Å². The zero-order valence-corrected chi connectivity index (χ0v) is 10.6. The van der Waals surface area contributed by atoms with Crippen LogP contribution in [0.5, 0.6) is 0 Å². The van der Waals surface area contributed by atoms with Gasteiger partial charge >= 0.3 is 0 Å². The van der Waals surface area contributed by atoms with Crippen molar-refractivity contribution in [2.45, 2.75) is 0 Å². The van der Waals surface area contributed by atoms with Crippen LogP contribution >= 0.6 is 0 Å². The van der Waals surface area contributed by atoms with Crippen LogP contribution < -0.4 is 10.6 Å². The lowest BCUT2D eigenvalue weighted by Gasteiger charge is -2.23. The number of nitro groups is 2. The normalized spacial score (nSPS) is 13.7. The van der Waals surface area contributed by atoms with Crippen molar-refractivity contribution in [3.63, 3.8) is 0 Å². The minimum Gasteiger partial charge on any atom is -0.366 e. The van der Waals surface area contributed by atoms with Crippen molar-refractivity contribution >= 4 is 23.0 Å². The van der Waals surface area contributed by atoms with E-state index < -0.39 is 21.4 Å². The fourth-order valence-corrected chi connectivity index (χ4v) is 1.89. The SMILES string of the molecule is NC(=O)C1=CC=CN(c2ccc([N+](=O)[O-])cc2[N+](=O)[O-])C1. The Hall–Kier alpha value is -3.23. The van der Waals surface area contributed by atoms with Crippen molar-refractivity contribution in [2.24, 2.45) is 5.73 Å². The van der Waals surface area contributed by atoms with E-state index in [4.69, 9.17) is 5.73 Å². The lowest BCUT2D eigenvalue weighted by atomic mass is 10.1. The lowest BCUT2D eigenvalue weighted by Crippen LogP contribution is -2.28. The standard InChI is InChI=1S/C12H10N4O5/c13-12(17)8-2-1-5-14(7-8)10-4-3-9(15(18)19)6-11(10)16(20)21/h1-6H,7H2,(H2,13,17). The number of nitrogens with zero attached hydrogens (tertiary/aromatic N) is 3. The number of hydrogen-bond donors (Lipinski definition) is 1. The van der Waals surface area contributed by atoms with Gasteiger partial charge in [-0.15, -0.1) is 0 Å². The van der Waals surface area contributed by atoms with E-state index in [2.05, 4.69) is 0 Å². The average molecular weight is 290 g/mol. The van der Waals surface area contributed by atoms with Crippen molar-refractivity contribution in [3.05, 3.63) is 62.4 Å². The predicted octanol–water partition coefficient (Wildman–Crippen LogP) is 1.25. The van der Waals surface area contributed by atoms with Gasteiger partial charge in [-0.2, -0.15) is 0 Å². The summed E-state index contributed by atoms with van der Waals surface area (Å²) in [5, 5.41) is 21.8. The first-order valence-electron chi connectivity index (χ1n) is 5.77. The molecule has 9 nitrogen and oxygen atoms in total. The van der Waals surface area contributed by atoms with E-state index in [1.807, 2.05) is 0 Å². The summed E-state index contributed by atoms with van der Waals surface area (Å²) < 4.78 is 0. The number of allylic oxidation sites excluding steroid dienone is 2. The maximum Gasteiger partial charge on any atom is 0.299 e. The first-order chi connectivity index (χ1) is 9.90. The molecule has 1 amide bonds. The second-order valence-electron chi connectivity index (χ2n) is 4.21. The fourth-order valence-electron chi connectivity index (χ4n) is 1.89. The van der Waals surface area contributed by atoms with E-state index in [1.165, 1.54) is 35.4 Å². The zero-order chi connectivity index (χ0) is 15.6. The summed E-state index contributed by atoms with van der Waals surface area (Å²) in [6, 6.07) is 3.31. The highest BCUT2D eigenvalue weighted by Crippen LogP contribution is 2.33. The van der Waals surface area contributed by atoms with Crippen molar-refractivity contribution in [2.75, 3.05) is 11.4 Å². The maximum absolute atomic E-state index is 11.2. The van der Waals surface area contributed by atoms with Crippen LogP contribution in [-0.4, -0.2) is 22.3 Å².